The van der Waals surface area contributed by atoms with Gasteiger partial charge in [0.2, 0.25) is 0 Å². The van der Waals surface area contributed by atoms with Gasteiger partial charge >= 0.3 is 0 Å². The first-order valence-electron chi connectivity index (χ1n) is 4.90. The summed E-state index contributed by atoms with van der Waals surface area (Å²) < 4.78 is 1.77. The third kappa shape index (κ3) is 2.34. The number of hydrogen-bond donors (Lipinski definition) is 1. The quantitative estimate of drug-likeness (QED) is 0.824. The normalized spacial score (nSPS) is 10.3. The molecular formula is C11H14N4. The van der Waals surface area contributed by atoms with Crippen molar-refractivity contribution in [2.24, 2.45) is 7.05 Å². The molecule has 1 aromatic heterocycles. The van der Waals surface area contributed by atoms with Crippen LogP contribution in [-0.2, 0) is 13.6 Å². The molecule has 0 radical (unpaired) electrons. The molecule has 0 aliphatic carbocycles. The Morgan fingerprint density at radius 2 is 2.27 bits per heavy atom. The molecule has 0 fully saturated rings. The fourth-order valence-electron chi connectivity index (χ4n) is 1.42. The highest BCUT2D eigenvalue weighted by Crippen LogP contribution is 2.10. The van der Waals surface area contributed by atoms with Gasteiger partial charge in [-0.2, -0.15) is 0 Å². The summed E-state index contributed by atoms with van der Waals surface area (Å²) in [6.45, 7) is 2.82. The second-order valence-electron chi connectivity index (χ2n) is 3.57. The summed E-state index contributed by atoms with van der Waals surface area (Å²) in [5, 5.41) is 11.0. The maximum Gasteiger partial charge on any atom is 0.0774 e. The number of aryl methyl sites for hydroxylation is 2. The van der Waals surface area contributed by atoms with Gasteiger partial charge < -0.3 is 5.32 Å². The van der Waals surface area contributed by atoms with Crippen LogP contribution in [0.3, 0.4) is 0 Å². The van der Waals surface area contributed by atoms with Gasteiger partial charge in [0, 0.05) is 12.7 Å². The Morgan fingerprint density at radius 3 is 2.93 bits per heavy atom. The standard InChI is InChI=1S/C11H14N4/c1-9-4-3-5-10(6-9)12-7-11-8-13-14-15(11)2/h3-6,8,12H,7H2,1-2H3. The molecule has 1 aromatic carbocycles. The summed E-state index contributed by atoms with van der Waals surface area (Å²) in [6, 6.07) is 8.29. The second kappa shape index (κ2) is 4.13. The first kappa shape index (κ1) is 9.71. The highest BCUT2D eigenvalue weighted by molar-refractivity contribution is 5.45. The van der Waals surface area contributed by atoms with Gasteiger partial charge in [0.25, 0.3) is 0 Å². The third-order valence-corrected chi connectivity index (χ3v) is 2.30. The van der Waals surface area contributed by atoms with Gasteiger partial charge in [-0.3, -0.25) is 4.68 Å². The minimum Gasteiger partial charge on any atom is -0.379 e. The molecular weight excluding hydrogens is 188 g/mol. The van der Waals surface area contributed by atoms with Crippen molar-refractivity contribution in [3.05, 3.63) is 41.7 Å². The van der Waals surface area contributed by atoms with Gasteiger partial charge in [0.15, 0.2) is 0 Å². The van der Waals surface area contributed by atoms with Crippen LogP contribution in [0.5, 0.6) is 0 Å². The van der Waals surface area contributed by atoms with Gasteiger partial charge in [-0.15, -0.1) is 5.10 Å². The van der Waals surface area contributed by atoms with Crippen molar-refractivity contribution in [2.45, 2.75) is 13.5 Å². The van der Waals surface area contributed by atoms with Crippen molar-refractivity contribution in [3.8, 4) is 0 Å². The van der Waals surface area contributed by atoms with Crippen LogP contribution in [0.1, 0.15) is 11.3 Å². The fourth-order valence-corrected chi connectivity index (χ4v) is 1.42. The van der Waals surface area contributed by atoms with Crippen molar-refractivity contribution in [1.82, 2.24) is 15.0 Å². The average molecular weight is 202 g/mol. The lowest BCUT2D eigenvalue weighted by Gasteiger charge is -2.06. The minimum atomic E-state index is 0.743. The Labute approximate surface area is 88.9 Å². The Morgan fingerprint density at radius 1 is 1.40 bits per heavy atom. The predicted octanol–water partition coefficient (Wildman–Crippen LogP) is 1.74. The predicted molar refractivity (Wildman–Crippen MR) is 59.5 cm³/mol. The zero-order valence-electron chi connectivity index (χ0n) is 8.94. The molecule has 1 heterocycles. The van der Waals surface area contributed by atoms with Crippen LogP contribution < -0.4 is 5.32 Å². The third-order valence-electron chi connectivity index (χ3n) is 2.30. The Hall–Kier alpha value is -1.84. The van der Waals surface area contributed by atoms with Crippen molar-refractivity contribution in [2.75, 3.05) is 5.32 Å². The molecule has 0 saturated carbocycles. The molecule has 0 saturated heterocycles. The summed E-state index contributed by atoms with van der Waals surface area (Å²) in [7, 11) is 1.89. The highest BCUT2D eigenvalue weighted by Gasteiger charge is 1.99. The minimum absolute atomic E-state index is 0.743. The van der Waals surface area contributed by atoms with Crippen molar-refractivity contribution in [1.29, 1.82) is 0 Å². The molecule has 15 heavy (non-hydrogen) atoms. The second-order valence-corrected chi connectivity index (χ2v) is 3.57. The first-order valence-corrected chi connectivity index (χ1v) is 4.90. The lowest BCUT2D eigenvalue weighted by atomic mass is 10.2. The SMILES string of the molecule is Cc1cccc(NCc2cnnn2C)c1. The number of nitrogens with one attached hydrogen (secondary N) is 1. The number of anilines is 1. The van der Waals surface area contributed by atoms with Crippen LogP contribution in [-0.4, -0.2) is 15.0 Å². The van der Waals surface area contributed by atoms with E-state index in [9.17, 15) is 0 Å². The zero-order chi connectivity index (χ0) is 10.7. The number of rotatable bonds is 3. The Bertz CT molecular complexity index is 447. The van der Waals surface area contributed by atoms with E-state index in [2.05, 4.69) is 40.8 Å². The van der Waals surface area contributed by atoms with Crippen LogP contribution >= 0.6 is 0 Å². The van der Waals surface area contributed by atoms with Crippen LogP contribution in [0.15, 0.2) is 30.5 Å². The topological polar surface area (TPSA) is 42.7 Å². The lowest BCUT2D eigenvalue weighted by Crippen LogP contribution is -2.05. The molecule has 0 unspecified atom stereocenters. The van der Waals surface area contributed by atoms with Crippen LogP contribution in [0.25, 0.3) is 0 Å². The molecule has 0 spiro atoms. The van der Waals surface area contributed by atoms with Gasteiger partial charge in [0.1, 0.15) is 0 Å². The molecule has 78 valence electrons. The van der Waals surface area contributed by atoms with E-state index in [0.29, 0.717) is 0 Å². The zero-order valence-corrected chi connectivity index (χ0v) is 8.94. The first-order chi connectivity index (χ1) is 7.25. The van der Waals surface area contributed by atoms with Crippen molar-refractivity contribution < 1.29 is 0 Å². The summed E-state index contributed by atoms with van der Waals surface area (Å²) in [5.41, 5.74) is 3.44. The summed E-state index contributed by atoms with van der Waals surface area (Å²) in [6.07, 6.45) is 1.77. The number of benzene rings is 1. The van der Waals surface area contributed by atoms with Gasteiger partial charge in [-0.05, 0) is 24.6 Å². The molecule has 1 N–H and O–H groups in total. The molecule has 0 atom stereocenters. The maximum atomic E-state index is 3.87. The molecule has 0 bridgehead atoms. The molecule has 0 aliphatic rings. The monoisotopic (exact) mass is 202 g/mol. The van der Waals surface area contributed by atoms with E-state index in [-0.39, 0.29) is 0 Å². The average Bonchev–Trinajstić information content (AvgIpc) is 2.61. The fraction of sp³-hybridized carbons (Fsp3) is 0.273. The molecule has 0 amide bonds. The summed E-state index contributed by atoms with van der Waals surface area (Å²) >= 11 is 0. The lowest BCUT2D eigenvalue weighted by molar-refractivity contribution is 0.683. The van der Waals surface area contributed by atoms with Crippen LogP contribution in [0, 0.1) is 6.92 Å². The molecule has 4 nitrogen and oxygen atoms in total. The van der Waals surface area contributed by atoms with Gasteiger partial charge in [-0.25, -0.2) is 0 Å². The largest absolute Gasteiger partial charge is 0.379 e. The number of aromatic nitrogens is 3. The Balaban J connectivity index is 2.02. The van der Waals surface area contributed by atoms with Gasteiger partial charge in [0.05, 0.1) is 18.4 Å². The van der Waals surface area contributed by atoms with E-state index in [1.54, 1.807) is 10.9 Å². The summed E-state index contributed by atoms with van der Waals surface area (Å²) in [4.78, 5) is 0. The van der Waals surface area contributed by atoms with E-state index < -0.39 is 0 Å². The van der Waals surface area contributed by atoms with E-state index in [4.69, 9.17) is 0 Å². The van der Waals surface area contributed by atoms with Gasteiger partial charge in [-0.1, -0.05) is 17.3 Å². The smallest absolute Gasteiger partial charge is 0.0774 e. The van der Waals surface area contributed by atoms with E-state index in [1.807, 2.05) is 13.1 Å². The maximum absolute atomic E-state index is 3.87. The molecule has 0 aliphatic heterocycles. The number of hydrogen-bond acceptors (Lipinski definition) is 3. The molecule has 4 heteroatoms. The summed E-state index contributed by atoms with van der Waals surface area (Å²) in [5.74, 6) is 0. The van der Waals surface area contributed by atoms with Crippen LogP contribution in [0.4, 0.5) is 5.69 Å². The van der Waals surface area contributed by atoms with Crippen molar-refractivity contribution in [3.63, 3.8) is 0 Å². The van der Waals surface area contributed by atoms with E-state index in [0.717, 1.165) is 17.9 Å². The van der Waals surface area contributed by atoms with E-state index >= 15 is 0 Å². The van der Waals surface area contributed by atoms with E-state index in [1.165, 1.54) is 5.56 Å². The molecule has 2 aromatic rings. The molecule has 2 rings (SSSR count). The highest BCUT2D eigenvalue weighted by atomic mass is 15.4. The Kier molecular flexibility index (Phi) is 2.67. The number of nitrogens with zero attached hydrogens (tertiary/aromatic N) is 3. The van der Waals surface area contributed by atoms with Crippen molar-refractivity contribution >= 4 is 5.69 Å². The van der Waals surface area contributed by atoms with Crippen LogP contribution in [0.2, 0.25) is 0 Å².